The quantitative estimate of drug-likeness (QED) is 0.866. The summed E-state index contributed by atoms with van der Waals surface area (Å²) in [5.74, 6) is 0.0700. The summed E-state index contributed by atoms with van der Waals surface area (Å²) in [5.41, 5.74) is 0.841. The summed E-state index contributed by atoms with van der Waals surface area (Å²) in [5, 5.41) is 2.81. The van der Waals surface area contributed by atoms with Gasteiger partial charge in [-0.15, -0.1) is 0 Å². The summed E-state index contributed by atoms with van der Waals surface area (Å²) < 4.78 is 0.974. The zero-order chi connectivity index (χ0) is 9.68. The first-order valence-corrected chi connectivity index (χ1v) is 5.07. The fourth-order valence-electron chi connectivity index (χ4n) is 1.02. The first kappa shape index (κ1) is 10.3. The minimum Gasteiger partial charge on any atom is -0.326 e. The lowest BCUT2D eigenvalue weighted by molar-refractivity contribution is -0.116. The third kappa shape index (κ3) is 3.59. The van der Waals surface area contributed by atoms with Crippen LogP contribution in [0.4, 0.5) is 5.69 Å². The molecule has 0 saturated carbocycles. The summed E-state index contributed by atoms with van der Waals surface area (Å²) in [6, 6.07) is 7.58. The van der Waals surface area contributed by atoms with Crippen molar-refractivity contribution in [2.24, 2.45) is 0 Å². The molecule has 0 radical (unpaired) electrons. The number of nitrogens with one attached hydrogen (secondary N) is 1. The van der Waals surface area contributed by atoms with Gasteiger partial charge < -0.3 is 5.32 Å². The number of rotatable bonds is 3. The molecule has 70 valence electrons. The Balaban J connectivity index is 2.58. The Morgan fingerprint density at radius 3 is 2.92 bits per heavy atom. The summed E-state index contributed by atoms with van der Waals surface area (Å²) in [7, 11) is 0. The van der Waals surface area contributed by atoms with E-state index in [-0.39, 0.29) is 5.91 Å². The predicted molar refractivity (Wildman–Crippen MR) is 57.7 cm³/mol. The minimum atomic E-state index is 0.0700. The van der Waals surface area contributed by atoms with Gasteiger partial charge in [0.2, 0.25) is 5.91 Å². The summed E-state index contributed by atoms with van der Waals surface area (Å²) in [6.45, 7) is 1.99. The molecule has 1 amide bonds. The van der Waals surface area contributed by atoms with E-state index >= 15 is 0 Å². The van der Waals surface area contributed by atoms with Crippen molar-refractivity contribution in [1.29, 1.82) is 0 Å². The van der Waals surface area contributed by atoms with Gasteiger partial charge in [0.1, 0.15) is 0 Å². The number of carbonyl (C=O) groups is 1. The van der Waals surface area contributed by atoms with Gasteiger partial charge >= 0.3 is 0 Å². The second-order valence-corrected chi connectivity index (χ2v) is 3.72. The van der Waals surface area contributed by atoms with Crippen molar-refractivity contribution in [2.45, 2.75) is 19.8 Å². The van der Waals surface area contributed by atoms with Gasteiger partial charge in [-0.1, -0.05) is 28.9 Å². The lowest BCUT2D eigenvalue weighted by Crippen LogP contribution is -2.10. The Morgan fingerprint density at radius 1 is 1.54 bits per heavy atom. The zero-order valence-electron chi connectivity index (χ0n) is 7.51. The van der Waals surface area contributed by atoms with Gasteiger partial charge in [0.25, 0.3) is 0 Å². The molecular formula is C10H12BrNO. The van der Waals surface area contributed by atoms with Crippen LogP contribution in [0.2, 0.25) is 0 Å². The first-order chi connectivity index (χ1) is 6.22. The van der Waals surface area contributed by atoms with E-state index in [0.29, 0.717) is 6.42 Å². The van der Waals surface area contributed by atoms with Crippen molar-refractivity contribution in [3.8, 4) is 0 Å². The van der Waals surface area contributed by atoms with Crippen LogP contribution < -0.4 is 5.32 Å². The molecule has 2 nitrogen and oxygen atoms in total. The first-order valence-electron chi connectivity index (χ1n) is 4.28. The van der Waals surface area contributed by atoms with E-state index in [4.69, 9.17) is 0 Å². The molecule has 1 aromatic rings. The third-order valence-electron chi connectivity index (χ3n) is 1.59. The normalized spacial score (nSPS) is 9.69. The number of benzene rings is 1. The molecule has 13 heavy (non-hydrogen) atoms. The van der Waals surface area contributed by atoms with Gasteiger partial charge in [-0.25, -0.2) is 0 Å². The predicted octanol–water partition coefficient (Wildman–Crippen LogP) is 3.19. The molecule has 0 aliphatic heterocycles. The molecule has 1 rings (SSSR count). The van der Waals surface area contributed by atoms with Gasteiger partial charge in [0.15, 0.2) is 0 Å². The molecule has 0 aliphatic rings. The molecule has 0 saturated heterocycles. The van der Waals surface area contributed by atoms with E-state index in [9.17, 15) is 4.79 Å². The topological polar surface area (TPSA) is 29.1 Å². The van der Waals surface area contributed by atoms with Crippen molar-refractivity contribution in [3.05, 3.63) is 28.7 Å². The van der Waals surface area contributed by atoms with Crippen molar-refractivity contribution < 1.29 is 4.79 Å². The highest BCUT2D eigenvalue weighted by Crippen LogP contribution is 2.15. The van der Waals surface area contributed by atoms with E-state index in [1.54, 1.807) is 0 Å². The highest BCUT2D eigenvalue weighted by molar-refractivity contribution is 9.10. The van der Waals surface area contributed by atoms with E-state index in [0.717, 1.165) is 16.6 Å². The molecule has 0 fully saturated rings. The standard InChI is InChI=1S/C10H12BrNO/c1-2-4-10(13)12-9-6-3-5-8(11)7-9/h3,5-7H,2,4H2,1H3,(H,12,13). The highest BCUT2D eigenvalue weighted by Gasteiger charge is 1.99. The largest absolute Gasteiger partial charge is 0.326 e. The number of carbonyl (C=O) groups excluding carboxylic acids is 1. The van der Waals surface area contributed by atoms with Crippen LogP contribution in [0.1, 0.15) is 19.8 Å². The van der Waals surface area contributed by atoms with Crippen LogP contribution in [-0.4, -0.2) is 5.91 Å². The van der Waals surface area contributed by atoms with Crippen molar-refractivity contribution >= 4 is 27.5 Å². The maximum atomic E-state index is 11.2. The fourth-order valence-corrected chi connectivity index (χ4v) is 1.42. The Kier molecular flexibility index (Phi) is 3.96. The van der Waals surface area contributed by atoms with Crippen molar-refractivity contribution in [2.75, 3.05) is 5.32 Å². The maximum Gasteiger partial charge on any atom is 0.224 e. The summed E-state index contributed by atoms with van der Waals surface area (Å²) in [6.07, 6.45) is 1.45. The van der Waals surface area contributed by atoms with E-state index in [1.165, 1.54) is 0 Å². The van der Waals surface area contributed by atoms with Crippen molar-refractivity contribution in [3.63, 3.8) is 0 Å². The molecular weight excluding hydrogens is 230 g/mol. The molecule has 1 aromatic carbocycles. The average Bonchev–Trinajstić information content (AvgIpc) is 2.04. The number of anilines is 1. The molecule has 0 aromatic heterocycles. The van der Waals surface area contributed by atoms with Gasteiger partial charge in [-0.05, 0) is 24.6 Å². The minimum absolute atomic E-state index is 0.0700. The molecule has 1 N–H and O–H groups in total. The van der Waals surface area contributed by atoms with Crippen LogP contribution >= 0.6 is 15.9 Å². The highest BCUT2D eigenvalue weighted by atomic mass is 79.9. The van der Waals surface area contributed by atoms with E-state index < -0.39 is 0 Å². The molecule has 3 heteroatoms. The van der Waals surface area contributed by atoms with Gasteiger partial charge in [0.05, 0.1) is 0 Å². The van der Waals surface area contributed by atoms with Crippen LogP contribution in [-0.2, 0) is 4.79 Å². The van der Waals surface area contributed by atoms with Gasteiger partial charge in [-0.3, -0.25) is 4.79 Å². The fraction of sp³-hybridized carbons (Fsp3) is 0.300. The molecule has 0 unspecified atom stereocenters. The van der Waals surface area contributed by atoms with Crippen LogP contribution in [0, 0.1) is 0 Å². The summed E-state index contributed by atoms with van der Waals surface area (Å²) >= 11 is 3.34. The Labute approximate surface area is 86.5 Å². The van der Waals surface area contributed by atoms with E-state index in [2.05, 4.69) is 21.2 Å². The molecule has 0 atom stereocenters. The van der Waals surface area contributed by atoms with Crippen LogP contribution in [0.5, 0.6) is 0 Å². The van der Waals surface area contributed by atoms with E-state index in [1.807, 2.05) is 31.2 Å². The van der Waals surface area contributed by atoms with Crippen LogP contribution in [0.3, 0.4) is 0 Å². The van der Waals surface area contributed by atoms with Crippen molar-refractivity contribution in [1.82, 2.24) is 0 Å². The Bertz CT molecular complexity index is 299. The molecule has 0 aliphatic carbocycles. The SMILES string of the molecule is CCCC(=O)Nc1cccc(Br)c1. The number of halogens is 1. The molecule has 0 bridgehead atoms. The Hall–Kier alpha value is -0.830. The lowest BCUT2D eigenvalue weighted by Gasteiger charge is -2.03. The maximum absolute atomic E-state index is 11.2. The summed E-state index contributed by atoms with van der Waals surface area (Å²) in [4.78, 5) is 11.2. The Morgan fingerprint density at radius 2 is 2.31 bits per heavy atom. The third-order valence-corrected chi connectivity index (χ3v) is 2.08. The molecule has 0 heterocycles. The lowest BCUT2D eigenvalue weighted by atomic mass is 10.3. The molecule has 0 spiro atoms. The number of hydrogen-bond acceptors (Lipinski definition) is 1. The van der Waals surface area contributed by atoms with Gasteiger partial charge in [-0.2, -0.15) is 0 Å². The van der Waals surface area contributed by atoms with Crippen LogP contribution in [0.25, 0.3) is 0 Å². The monoisotopic (exact) mass is 241 g/mol. The smallest absolute Gasteiger partial charge is 0.224 e. The number of hydrogen-bond donors (Lipinski definition) is 1. The van der Waals surface area contributed by atoms with Gasteiger partial charge in [0, 0.05) is 16.6 Å². The second-order valence-electron chi connectivity index (χ2n) is 2.81. The van der Waals surface area contributed by atoms with Crippen LogP contribution in [0.15, 0.2) is 28.7 Å². The average molecular weight is 242 g/mol. The number of amides is 1. The second kappa shape index (κ2) is 5.02. The zero-order valence-corrected chi connectivity index (χ0v) is 9.10.